The number of aliphatic hydroxyl groups is 1. The highest BCUT2D eigenvalue weighted by atomic mass is 32.1. The number of primary amides is 1. The van der Waals surface area contributed by atoms with Crippen molar-refractivity contribution in [3.63, 3.8) is 0 Å². The summed E-state index contributed by atoms with van der Waals surface area (Å²) in [7, 11) is 0. The molecule has 0 bridgehead atoms. The van der Waals surface area contributed by atoms with E-state index in [4.69, 9.17) is 21.7 Å². The van der Waals surface area contributed by atoms with Crippen molar-refractivity contribution in [2.45, 2.75) is 62.9 Å². The third kappa shape index (κ3) is 10.9. The zero-order valence-corrected chi connectivity index (χ0v) is 18.2. The Morgan fingerprint density at radius 1 is 0.875 bits per heavy atom. The summed E-state index contributed by atoms with van der Waals surface area (Å²) in [5.41, 5.74) is 10.6. The number of hydrogen-bond donors (Lipinski definition) is 9. The van der Waals surface area contributed by atoms with Crippen LogP contribution in [0.5, 0.6) is 0 Å². The lowest BCUT2D eigenvalue weighted by atomic mass is 10.1. The Balaban J connectivity index is 5.15. The van der Waals surface area contributed by atoms with Crippen molar-refractivity contribution in [1.29, 1.82) is 0 Å². The van der Waals surface area contributed by atoms with Crippen LogP contribution in [-0.2, 0) is 28.8 Å². The summed E-state index contributed by atoms with van der Waals surface area (Å²) in [4.78, 5) is 69.6. The summed E-state index contributed by atoms with van der Waals surface area (Å²) >= 11 is 3.95. The van der Waals surface area contributed by atoms with Gasteiger partial charge in [0, 0.05) is 18.6 Å². The zero-order valence-electron chi connectivity index (χ0n) is 17.3. The van der Waals surface area contributed by atoms with E-state index in [1.807, 2.05) is 0 Å². The first kappa shape index (κ1) is 29.1. The van der Waals surface area contributed by atoms with Gasteiger partial charge in [0.25, 0.3) is 0 Å². The summed E-state index contributed by atoms with van der Waals surface area (Å²) in [5, 5.41) is 34.2. The number of carboxylic acid groups (broad SMARTS) is 2. The molecular weight excluding hydrogens is 450 g/mol. The number of thiol groups is 1. The zero-order chi connectivity index (χ0) is 25.0. The lowest BCUT2D eigenvalue weighted by molar-refractivity contribution is -0.144. The molecule has 15 heteroatoms. The van der Waals surface area contributed by atoms with Crippen LogP contribution in [0, 0.1) is 0 Å². The average Bonchev–Trinajstić information content (AvgIpc) is 2.69. The van der Waals surface area contributed by atoms with Gasteiger partial charge in [-0.1, -0.05) is 0 Å². The lowest BCUT2D eigenvalue weighted by Gasteiger charge is -2.26. The second kappa shape index (κ2) is 14.2. The van der Waals surface area contributed by atoms with E-state index in [-0.39, 0.29) is 18.6 Å². The van der Waals surface area contributed by atoms with Crippen LogP contribution in [0.4, 0.5) is 0 Å². The van der Waals surface area contributed by atoms with E-state index in [1.165, 1.54) is 0 Å². The van der Waals surface area contributed by atoms with Crippen molar-refractivity contribution in [1.82, 2.24) is 16.0 Å². The van der Waals surface area contributed by atoms with Crippen molar-refractivity contribution in [2.75, 3.05) is 5.75 Å². The Kier molecular flexibility index (Phi) is 12.9. The molecule has 182 valence electrons. The molecule has 0 aromatic carbocycles. The number of carboxylic acids is 2. The molecule has 0 aromatic rings. The molecule has 32 heavy (non-hydrogen) atoms. The molecule has 0 aliphatic heterocycles. The van der Waals surface area contributed by atoms with Crippen LogP contribution in [0.1, 0.15) is 32.6 Å². The predicted molar refractivity (Wildman–Crippen MR) is 112 cm³/mol. The number of nitrogens with two attached hydrogens (primary N) is 2. The Bertz CT molecular complexity index is 719. The van der Waals surface area contributed by atoms with Crippen LogP contribution in [0.2, 0.25) is 0 Å². The van der Waals surface area contributed by atoms with Gasteiger partial charge in [-0.2, -0.15) is 12.6 Å². The summed E-state index contributed by atoms with van der Waals surface area (Å²) in [6.45, 7) is 1.16. The van der Waals surface area contributed by atoms with E-state index in [0.717, 1.165) is 6.92 Å². The van der Waals surface area contributed by atoms with Crippen LogP contribution in [0.25, 0.3) is 0 Å². The van der Waals surface area contributed by atoms with Crippen LogP contribution in [0.15, 0.2) is 0 Å². The van der Waals surface area contributed by atoms with E-state index >= 15 is 0 Å². The van der Waals surface area contributed by atoms with Gasteiger partial charge >= 0.3 is 11.9 Å². The van der Waals surface area contributed by atoms with Gasteiger partial charge in [-0.25, -0.2) is 4.79 Å². The molecule has 10 N–H and O–H groups in total. The molecule has 0 heterocycles. The average molecular weight is 480 g/mol. The van der Waals surface area contributed by atoms with Crippen molar-refractivity contribution >= 4 is 48.2 Å². The van der Waals surface area contributed by atoms with Gasteiger partial charge in [0.1, 0.15) is 18.1 Å². The molecule has 0 aliphatic rings. The van der Waals surface area contributed by atoms with Gasteiger partial charge < -0.3 is 42.7 Å². The number of carbonyl (C=O) groups excluding carboxylic acids is 4. The fourth-order valence-corrected chi connectivity index (χ4v) is 2.60. The summed E-state index contributed by atoms with van der Waals surface area (Å²) in [6.07, 6.45) is -2.64. The molecule has 0 saturated carbocycles. The quantitative estimate of drug-likeness (QED) is 0.104. The van der Waals surface area contributed by atoms with Crippen LogP contribution < -0.4 is 27.4 Å². The van der Waals surface area contributed by atoms with Crippen molar-refractivity contribution in [3.8, 4) is 0 Å². The van der Waals surface area contributed by atoms with Crippen molar-refractivity contribution in [2.24, 2.45) is 11.5 Å². The van der Waals surface area contributed by atoms with Crippen LogP contribution in [0.3, 0.4) is 0 Å². The second-order valence-corrected chi connectivity index (χ2v) is 7.28. The number of carbonyl (C=O) groups is 6. The summed E-state index contributed by atoms with van der Waals surface area (Å²) < 4.78 is 0. The summed E-state index contributed by atoms with van der Waals surface area (Å²) in [5.74, 6) is -6.43. The first-order valence-electron chi connectivity index (χ1n) is 9.48. The molecule has 5 atom stereocenters. The Hall–Kier alpha value is -2.91. The maximum atomic E-state index is 12.5. The Morgan fingerprint density at radius 3 is 1.88 bits per heavy atom. The number of aliphatic hydroxyl groups excluding tert-OH is 1. The molecule has 4 amide bonds. The van der Waals surface area contributed by atoms with E-state index in [1.54, 1.807) is 0 Å². The Labute approximate surface area is 188 Å². The second-order valence-electron chi connectivity index (χ2n) is 6.91. The van der Waals surface area contributed by atoms with Crippen molar-refractivity contribution < 1.29 is 44.1 Å². The predicted octanol–water partition coefficient (Wildman–Crippen LogP) is -3.71. The highest BCUT2D eigenvalue weighted by molar-refractivity contribution is 7.80. The minimum absolute atomic E-state index is 0.0618. The van der Waals surface area contributed by atoms with Gasteiger partial charge in [-0.15, -0.1) is 0 Å². The number of rotatable bonds is 15. The third-order valence-corrected chi connectivity index (χ3v) is 4.54. The monoisotopic (exact) mass is 479 g/mol. The van der Waals surface area contributed by atoms with Gasteiger partial charge in [0.15, 0.2) is 0 Å². The van der Waals surface area contributed by atoms with Gasteiger partial charge in [-0.3, -0.25) is 24.0 Å². The van der Waals surface area contributed by atoms with E-state index in [2.05, 4.69) is 28.6 Å². The Morgan fingerprint density at radius 2 is 1.44 bits per heavy atom. The highest BCUT2D eigenvalue weighted by Gasteiger charge is 2.32. The van der Waals surface area contributed by atoms with Gasteiger partial charge in [-0.05, 0) is 19.8 Å². The molecule has 0 rings (SSSR count). The molecular formula is C17H29N5O9S. The highest BCUT2D eigenvalue weighted by Crippen LogP contribution is 2.03. The first-order valence-corrected chi connectivity index (χ1v) is 10.1. The largest absolute Gasteiger partial charge is 0.481 e. The maximum absolute atomic E-state index is 12.5. The molecule has 0 aromatic heterocycles. The molecule has 5 unspecified atom stereocenters. The number of nitrogens with one attached hydrogen (secondary N) is 3. The molecule has 0 spiro atoms. The van der Waals surface area contributed by atoms with E-state index in [0.29, 0.717) is 0 Å². The molecule has 14 nitrogen and oxygen atoms in total. The third-order valence-electron chi connectivity index (χ3n) is 4.18. The SMILES string of the molecule is CC(O)C(NC(=O)C(CS)NC(=O)C(N)CCC(N)=O)C(=O)NC(CCC(=O)O)C(=O)O. The smallest absolute Gasteiger partial charge is 0.326 e. The van der Waals surface area contributed by atoms with Gasteiger partial charge in [0.2, 0.25) is 23.6 Å². The number of aliphatic carboxylic acids is 2. The molecule has 0 fully saturated rings. The number of amides is 4. The van der Waals surface area contributed by atoms with E-state index < -0.39 is 78.7 Å². The first-order chi connectivity index (χ1) is 14.8. The maximum Gasteiger partial charge on any atom is 0.326 e. The van der Waals surface area contributed by atoms with Crippen molar-refractivity contribution in [3.05, 3.63) is 0 Å². The molecule has 0 saturated heterocycles. The molecule has 0 aliphatic carbocycles. The summed E-state index contributed by atoms with van der Waals surface area (Å²) in [6, 6.07) is -5.60. The molecule has 0 radical (unpaired) electrons. The fourth-order valence-electron chi connectivity index (χ4n) is 2.35. The number of hydrogen-bond acceptors (Lipinski definition) is 9. The topological polar surface area (TPSA) is 251 Å². The fraction of sp³-hybridized carbons (Fsp3) is 0.647. The normalized spacial score (nSPS) is 15.4. The minimum Gasteiger partial charge on any atom is -0.481 e. The minimum atomic E-state index is -1.61. The standard InChI is InChI=1S/C17H29N5O9S/c1-7(23)13(16(29)20-9(17(30)31)3-5-12(25)26)22-15(28)10(6-32)21-14(27)8(18)2-4-11(19)24/h7-10,13,23,32H,2-6,18H2,1H3,(H2,19,24)(H,20,29)(H,21,27)(H,22,28)(H,25,26)(H,30,31). The lowest BCUT2D eigenvalue weighted by Crippen LogP contribution is -2.60. The van der Waals surface area contributed by atoms with Gasteiger partial charge in [0.05, 0.1) is 12.1 Å². The van der Waals surface area contributed by atoms with Crippen LogP contribution >= 0.6 is 12.6 Å². The van der Waals surface area contributed by atoms with Crippen LogP contribution in [-0.4, -0.2) is 86.9 Å². The van der Waals surface area contributed by atoms with E-state index in [9.17, 15) is 33.9 Å².